The molecule has 0 saturated heterocycles. The van der Waals surface area contributed by atoms with Crippen molar-refractivity contribution < 1.29 is 0 Å². The first kappa shape index (κ1) is 22.0. The Hall–Kier alpha value is -2.29. The Morgan fingerprint density at radius 2 is 1.46 bits per heavy atom. The van der Waals surface area contributed by atoms with Gasteiger partial charge < -0.3 is 4.98 Å². The maximum Gasteiger partial charge on any atom is 0.0921 e. The molecule has 0 amide bonds. The molecule has 0 aliphatic carbocycles. The van der Waals surface area contributed by atoms with Gasteiger partial charge in [-0.2, -0.15) is 0 Å². The number of hydrogen-bond acceptors (Lipinski definition) is 1. The number of benzene rings is 2. The van der Waals surface area contributed by atoms with E-state index in [-0.39, 0.29) is 5.41 Å². The molecule has 28 heavy (non-hydrogen) atoms. The lowest BCUT2D eigenvalue weighted by Gasteiger charge is -2.21. The Balaban J connectivity index is 0.000000261. The van der Waals surface area contributed by atoms with E-state index in [1.54, 1.807) is 6.33 Å². The molecule has 0 saturated carbocycles. The van der Waals surface area contributed by atoms with Crippen LogP contribution in [-0.4, -0.2) is 17.8 Å². The van der Waals surface area contributed by atoms with Crippen molar-refractivity contribution >= 4 is 7.85 Å². The van der Waals surface area contributed by atoms with E-state index in [9.17, 15) is 0 Å². The zero-order chi connectivity index (χ0) is 20.6. The van der Waals surface area contributed by atoms with Crippen LogP contribution in [0.25, 0.3) is 0 Å². The summed E-state index contributed by atoms with van der Waals surface area (Å²) >= 11 is 0. The second-order valence-corrected chi connectivity index (χ2v) is 8.41. The van der Waals surface area contributed by atoms with E-state index < -0.39 is 0 Å². The highest BCUT2D eigenvalue weighted by atomic mass is 14.9. The van der Waals surface area contributed by atoms with E-state index in [1.807, 2.05) is 6.20 Å². The van der Waals surface area contributed by atoms with Gasteiger partial charge in [0.25, 0.3) is 0 Å². The summed E-state index contributed by atoms with van der Waals surface area (Å²) in [4.78, 5) is 7.00. The number of aryl methyl sites for hydroxylation is 2. The number of hydrogen-bond donors (Lipinski definition) is 1. The smallest absolute Gasteiger partial charge is 0.0921 e. The van der Waals surface area contributed by atoms with Crippen LogP contribution in [0, 0.1) is 13.8 Å². The van der Waals surface area contributed by atoms with Gasteiger partial charge in [0.05, 0.1) is 14.2 Å². The van der Waals surface area contributed by atoms with E-state index in [4.69, 9.17) is 7.85 Å². The lowest BCUT2D eigenvalue weighted by Crippen LogP contribution is -2.10. The van der Waals surface area contributed by atoms with Crippen LogP contribution in [0.3, 0.4) is 0 Å². The second kappa shape index (κ2) is 10.3. The molecule has 0 atom stereocenters. The fourth-order valence-corrected chi connectivity index (χ4v) is 3.42. The van der Waals surface area contributed by atoms with Gasteiger partial charge in [-0.3, -0.25) is 0 Å². The molecule has 2 nitrogen and oxygen atoms in total. The van der Waals surface area contributed by atoms with Crippen LogP contribution in [0.15, 0.2) is 61.1 Å². The summed E-state index contributed by atoms with van der Waals surface area (Å²) in [6.07, 6.45) is 6.51. The van der Waals surface area contributed by atoms with Crippen LogP contribution >= 0.6 is 0 Å². The van der Waals surface area contributed by atoms with E-state index in [0.29, 0.717) is 5.92 Å². The number of nitrogens with one attached hydrogen (secondary N) is 1. The predicted octanol–water partition coefficient (Wildman–Crippen LogP) is 6.51. The molecule has 0 aliphatic rings. The van der Waals surface area contributed by atoms with Crippen molar-refractivity contribution in [2.24, 2.45) is 0 Å². The van der Waals surface area contributed by atoms with Crippen molar-refractivity contribution in [2.75, 3.05) is 0 Å². The summed E-state index contributed by atoms with van der Waals surface area (Å²) in [5, 5.41) is 0. The van der Waals surface area contributed by atoms with Gasteiger partial charge in [-0.15, -0.1) is 0 Å². The molecule has 3 rings (SSSR count). The fraction of sp³-hybridized carbons (Fsp3) is 0.400. The first-order valence-corrected chi connectivity index (χ1v) is 10.1. The van der Waals surface area contributed by atoms with Gasteiger partial charge in [-0.1, -0.05) is 82.0 Å². The summed E-state index contributed by atoms with van der Waals surface area (Å²) in [5.74, 6) is 0.464. The van der Waals surface area contributed by atoms with E-state index >= 15 is 0 Å². The largest absolute Gasteiger partial charge is 0.348 e. The van der Waals surface area contributed by atoms with Gasteiger partial charge in [0.2, 0.25) is 0 Å². The lowest BCUT2D eigenvalue weighted by molar-refractivity contribution is 0.572. The van der Waals surface area contributed by atoms with Crippen molar-refractivity contribution in [1.29, 1.82) is 0 Å². The Bertz CT molecular complexity index is 786. The molecular formula is C25H33BN2. The average Bonchev–Trinajstić information content (AvgIpc) is 3.20. The van der Waals surface area contributed by atoms with Gasteiger partial charge >= 0.3 is 0 Å². The standard InChI is InChI=1S/C18H21B.C7H12N2/c1-14-8-3-5-10-16(14)18(12-7-13-19)17-11-6-4-9-15(17)2;1-7(2,3)6-4-8-5-9-6/h3-6,8-11,18H,7,12-13H2,1-2H3;4-5H,1-3H3,(H,8,9). The van der Waals surface area contributed by atoms with Crippen molar-refractivity contribution in [3.63, 3.8) is 0 Å². The average molecular weight is 372 g/mol. The van der Waals surface area contributed by atoms with Crippen molar-refractivity contribution in [3.8, 4) is 0 Å². The van der Waals surface area contributed by atoms with E-state index in [0.717, 1.165) is 19.2 Å². The van der Waals surface area contributed by atoms with Crippen LogP contribution in [-0.2, 0) is 5.41 Å². The molecule has 2 aromatic carbocycles. The summed E-state index contributed by atoms with van der Waals surface area (Å²) in [6, 6.07) is 17.4. The minimum atomic E-state index is 0.205. The third-order valence-corrected chi connectivity index (χ3v) is 5.13. The Morgan fingerprint density at radius 3 is 1.82 bits per heavy atom. The molecule has 1 heterocycles. The van der Waals surface area contributed by atoms with Crippen LogP contribution in [0.4, 0.5) is 0 Å². The summed E-state index contributed by atoms with van der Waals surface area (Å²) in [7, 11) is 5.71. The molecule has 3 aromatic rings. The van der Waals surface area contributed by atoms with E-state index in [2.05, 4.69) is 93.1 Å². The minimum Gasteiger partial charge on any atom is -0.348 e. The van der Waals surface area contributed by atoms with Crippen LogP contribution in [0.1, 0.15) is 67.5 Å². The molecule has 0 aliphatic heterocycles. The molecule has 146 valence electrons. The molecule has 3 heteroatoms. The fourth-order valence-electron chi connectivity index (χ4n) is 3.42. The van der Waals surface area contributed by atoms with Crippen LogP contribution < -0.4 is 0 Å². The lowest BCUT2D eigenvalue weighted by atomic mass is 9.81. The maximum atomic E-state index is 5.71. The number of aromatic amines is 1. The quantitative estimate of drug-likeness (QED) is 0.508. The Labute approximate surface area is 172 Å². The van der Waals surface area contributed by atoms with Crippen molar-refractivity contribution in [2.45, 2.75) is 65.1 Å². The molecule has 1 aromatic heterocycles. The van der Waals surface area contributed by atoms with Crippen LogP contribution in [0.5, 0.6) is 0 Å². The van der Waals surface area contributed by atoms with Gasteiger partial charge in [0, 0.05) is 23.2 Å². The number of imidazole rings is 1. The second-order valence-electron chi connectivity index (χ2n) is 8.41. The molecular weight excluding hydrogens is 339 g/mol. The molecule has 0 fully saturated rings. The van der Waals surface area contributed by atoms with Crippen molar-refractivity contribution in [1.82, 2.24) is 9.97 Å². The number of H-pyrrole nitrogens is 1. The van der Waals surface area contributed by atoms with Gasteiger partial charge in [-0.05, 0) is 42.5 Å². The zero-order valence-electron chi connectivity index (χ0n) is 18.0. The van der Waals surface area contributed by atoms with Gasteiger partial charge in [0.15, 0.2) is 0 Å². The normalized spacial score (nSPS) is 11.2. The highest BCUT2D eigenvalue weighted by Gasteiger charge is 2.17. The third-order valence-electron chi connectivity index (χ3n) is 5.13. The molecule has 0 bridgehead atoms. The molecule has 0 spiro atoms. The SMILES string of the molecule is CC(C)(C)c1cnc[nH]1.[B]CCCC(c1ccccc1C)c1ccccc1C. The molecule has 2 radical (unpaired) electrons. The number of rotatable bonds is 5. The highest BCUT2D eigenvalue weighted by Crippen LogP contribution is 2.33. The van der Waals surface area contributed by atoms with Gasteiger partial charge in [-0.25, -0.2) is 4.98 Å². The van der Waals surface area contributed by atoms with Gasteiger partial charge in [0.1, 0.15) is 0 Å². The first-order valence-electron chi connectivity index (χ1n) is 10.1. The van der Waals surface area contributed by atoms with E-state index in [1.165, 1.54) is 27.9 Å². The van der Waals surface area contributed by atoms with Crippen LogP contribution in [0.2, 0.25) is 6.32 Å². The monoisotopic (exact) mass is 372 g/mol. The maximum absolute atomic E-state index is 5.71. The first-order chi connectivity index (χ1) is 13.3. The highest BCUT2D eigenvalue weighted by molar-refractivity contribution is 6.08. The van der Waals surface area contributed by atoms with Crippen molar-refractivity contribution in [3.05, 3.63) is 89.0 Å². The molecule has 0 unspecified atom stereocenters. The summed E-state index contributed by atoms with van der Waals surface area (Å²) in [5.41, 5.74) is 7.00. The Kier molecular flexibility index (Phi) is 8.11. The third kappa shape index (κ3) is 6.12. The summed E-state index contributed by atoms with van der Waals surface area (Å²) < 4.78 is 0. The number of nitrogens with zero attached hydrogens (tertiary/aromatic N) is 1. The topological polar surface area (TPSA) is 28.7 Å². The predicted molar refractivity (Wildman–Crippen MR) is 121 cm³/mol. The number of aromatic nitrogens is 2. The Morgan fingerprint density at radius 1 is 0.929 bits per heavy atom. The molecule has 1 N–H and O–H groups in total. The minimum absolute atomic E-state index is 0.205. The summed E-state index contributed by atoms with van der Waals surface area (Å²) in [6.45, 7) is 10.9. The zero-order valence-corrected chi connectivity index (χ0v) is 18.0.